The number of hydrogen-bond acceptors (Lipinski definition) is 6. The van der Waals surface area contributed by atoms with E-state index in [1.54, 1.807) is 36.4 Å². The molecule has 0 fully saturated rings. The molecule has 0 unspecified atom stereocenters. The van der Waals surface area contributed by atoms with E-state index in [0.29, 0.717) is 34.2 Å². The van der Waals surface area contributed by atoms with Gasteiger partial charge in [-0.25, -0.2) is 0 Å². The van der Waals surface area contributed by atoms with E-state index < -0.39 is 5.91 Å². The molecule has 0 aromatic heterocycles. The number of rotatable bonds is 8. The van der Waals surface area contributed by atoms with E-state index in [-0.39, 0.29) is 12.5 Å². The molecule has 0 aliphatic heterocycles. The quantitative estimate of drug-likeness (QED) is 0.735. The summed E-state index contributed by atoms with van der Waals surface area (Å²) in [6.45, 7) is -0.273. The molecular weight excluding hydrogens is 352 g/mol. The van der Waals surface area contributed by atoms with Crippen LogP contribution in [0.1, 0.15) is 10.4 Å². The molecule has 0 spiro atoms. The van der Waals surface area contributed by atoms with Crippen molar-refractivity contribution in [2.24, 2.45) is 0 Å². The zero-order chi connectivity index (χ0) is 19.8. The van der Waals surface area contributed by atoms with Crippen LogP contribution in [0.4, 0.5) is 5.69 Å². The fraction of sp³-hybridized carbons (Fsp3) is 0.263. The lowest BCUT2D eigenvalue weighted by atomic mass is 10.2. The van der Waals surface area contributed by atoms with Gasteiger partial charge in [0.25, 0.3) is 11.8 Å². The number of nitrogens with one attached hydrogen (secondary N) is 2. The Morgan fingerprint density at radius 2 is 1.56 bits per heavy atom. The van der Waals surface area contributed by atoms with E-state index in [9.17, 15) is 9.59 Å². The molecule has 0 aliphatic carbocycles. The van der Waals surface area contributed by atoms with Crippen molar-refractivity contribution < 1.29 is 28.5 Å². The Morgan fingerprint density at radius 3 is 2.11 bits per heavy atom. The van der Waals surface area contributed by atoms with Gasteiger partial charge in [-0.1, -0.05) is 12.1 Å². The maximum atomic E-state index is 12.2. The molecule has 0 atom stereocenters. The lowest BCUT2D eigenvalue weighted by Crippen LogP contribution is -2.23. The topological polar surface area (TPSA) is 95.1 Å². The van der Waals surface area contributed by atoms with Crippen molar-refractivity contribution in [2.75, 3.05) is 40.3 Å². The number of amides is 2. The van der Waals surface area contributed by atoms with Gasteiger partial charge in [0.1, 0.15) is 5.75 Å². The van der Waals surface area contributed by atoms with E-state index in [0.717, 1.165) is 0 Å². The second-order valence-corrected chi connectivity index (χ2v) is 5.33. The molecule has 8 heteroatoms. The fourth-order valence-electron chi connectivity index (χ4n) is 2.41. The summed E-state index contributed by atoms with van der Waals surface area (Å²) in [6.07, 6.45) is 0. The van der Waals surface area contributed by atoms with Crippen molar-refractivity contribution >= 4 is 17.5 Å². The molecule has 0 saturated heterocycles. The predicted octanol–water partition coefficient (Wildman–Crippen LogP) is 2.09. The van der Waals surface area contributed by atoms with E-state index in [4.69, 9.17) is 18.9 Å². The zero-order valence-electron chi connectivity index (χ0n) is 15.6. The smallest absolute Gasteiger partial charge is 0.262 e. The van der Waals surface area contributed by atoms with Gasteiger partial charge in [0.2, 0.25) is 5.75 Å². The zero-order valence-corrected chi connectivity index (χ0v) is 15.6. The SMILES string of the molecule is CNC(=O)c1ccccc1OCC(=O)Nc1cc(OC)c(OC)c(OC)c1. The summed E-state index contributed by atoms with van der Waals surface area (Å²) in [6, 6.07) is 9.89. The highest BCUT2D eigenvalue weighted by molar-refractivity contribution is 5.97. The second-order valence-electron chi connectivity index (χ2n) is 5.33. The van der Waals surface area contributed by atoms with Gasteiger partial charge in [0.05, 0.1) is 26.9 Å². The van der Waals surface area contributed by atoms with Crippen LogP contribution in [0.25, 0.3) is 0 Å². The number of benzene rings is 2. The van der Waals surface area contributed by atoms with Crippen molar-refractivity contribution in [3.8, 4) is 23.0 Å². The first kappa shape index (κ1) is 19.9. The number of para-hydroxylation sites is 1. The van der Waals surface area contributed by atoms with Gasteiger partial charge in [-0.15, -0.1) is 0 Å². The summed E-state index contributed by atoms with van der Waals surface area (Å²) >= 11 is 0. The van der Waals surface area contributed by atoms with Crippen molar-refractivity contribution in [1.29, 1.82) is 0 Å². The van der Waals surface area contributed by atoms with Gasteiger partial charge in [0.15, 0.2) is 18.1 Å². The maximum Gasteiger partial charge on any atom is 0.262 e. The number of anilines is 1. The normalized spacial score (nSPS) is 9.93. The second kappa shape index (κ2) is 9.33. The van der Waals surface area contributed by atoms with E-state index in [1.807, 2.05) is 0 Å². The van der Waals surface area contributed by atoms with Crippen molar-refractivity contribution in [1.82, 2.24) is 5.32 Å². The van der Waals surface area contributed by atoms with Gasteiger partial charge >= 0.3 is 0 Å². The number of hydrogen-bond donors (Lipinski definition) is 2. The molecular formula is C19H22N2O6. The Bertz CT molecular complexity index is 797. The van der Waals surface area contributed by atoms with E-state index >= 15 is 0 Å². The summed E-state index contributed by atoms with van der Waals surface area (Å²) in [4.78, 5) is 24.1. The van der Waals surface area contributed by atoms with Crippen LogP contribution in [-0.4, -0.2) is 46.8 Å². The molecule has 27 heavy (non-hydrogen) atoms. The summed E-state index contributed by atoms with van der Waals surface area (Å²) in [5, 5.41) is 5.22. The Labute approximate surface area is 157 Å². The molecule has 8 nitrogen and oxygen atoms in total. The van der Waals surface area contributed by atoms with Crippen molar-refractivity contribution in [2.45, 2.75) is 0 Å². The summed E-state index contributed by atoms with van der Waals surface area (Å²) in [7, 11) is 6.00. The molecule has 0 saturated carbocycles. The molecule has 2 amide bonds. The third-order valence-electron chi connectivity index (χ3n) is 3.67. The lowest BCUT2D eigenvalue weighted by Gasteiger charge is -2.15. The van der Waals surface area contributed by atoms with Gasteiger partial charge < -0.3 is 29.6 Å². The van der Waals surface area contributed by atoms with Crippen molar-refractivity contribution in [3.63, 3.8) is 0 Å². The molecule has 0 aliphatic rings. The van der Waals surface area contributed by atoms with Crippen LogP contribution in [-0.2, 0) is 4.79 Å². The van der Waals surface area contributed by atoms with Crippen LogP contribution in [0.15, 0.2) is 36.4 Å². The average molecular weight is 374 g/mol. The third kappa shape index (κ3) is 4.81. The maximum absolute atomic E-state index is 12.2. The molecule has 2 aromatic rings. The Morgan fingerprint density at radius 1 is 0.926 bits per heavy atom. The first-order valence-corrected chi connectivity index (χ1v) is 8.07. The minimum Gasteiger partial charge on any atom is -0.493 e. The lowest BCUT2D eigenvalue weighted by molar-refractivity contribution is -0.118. The highest BCUT2D eigenvalue weighted by atomic mass is 16.5. The summed E-state index contributed by atoms with van der Waals surface area (Å²) in [5.74, 6) is 0.869. The first-order valence-electron chi connectivity index (χ1n) is 8.07. The highest BCUT2D eigenvalue weighted by Crippen LogP contribution is 2.39. The van der Waals surface area contributed by atoms with Crippen LogP contribution in [0.3, 0.4) is 0 Å². The van der Waals surface area contributed by atoms with Gasteiger partial charge in [-0.3, -0.25) is 9.59 Å². The molecule has 144 valence electrons. The predicted molar refractivity (Wildman–Crippen MR) is 100 cm³/mol. The molecule has 0 heterocycles. The average Bonchev–Trinajstić information content (AvgIpc) is 2.70. The minimum absolute atomic E-state index is 0.273. The molecule has 2 rings (SSSR count). The summed E-state index contributed by atoms with van der Waals surface area (Å²) < 4.78 is 21.2. The molecule has 0 bridgehead atoms. The van der Waals surface area contributed by atoms with Gasteiger partial charge in [-0.2, -0.15) is 0 Å². The van der Waals surface area contributed by atoms with Crippen LogP contribution in [0, 0.1) is 0 Å². The number of carbonyl (C=O) groups is 2. The first-order chi connectivity index (χ1) is 13.0. The molecule has 0 radical (unpaired) electrons. The van der Waals surface area contributed by atoms with Crippen LogP contribution >= 0.6 is 0 Å². The van der Waals surface area contributed by atoms with Gasteiger partial charge in [0, 0.05) is 24.9 Å². The molecule has 2 aromatic carbocycles. The van der Waals surface area contributed by atoms with Crippen LogP contribution < -0.4 is 29.6 Å². The Hall–Kier alpha value is -3.42. The third-order valence-corrected chi connectivity index (χ3v) is 3.67. The number of ether oxygens (including phenoxy) is 4. The van der Waals surface area contributed by atoms with E-state index in [2.05, 4.69) is 10.6 Å². The number of carbonyl (C=O) groups excluding carboxylic acids is 2. The van der Waals surface area contributed by atoms with Crippen molar-refractivity contribution in [3.05, 3.63) is 42.0 Å². The Kier molecular flexibility index (Phi) is 6.87. The summed E-state index contributed by atoms with van der Waals surface area (Å²) in [5.41, 5.74) is 0.804. The van der Waals surface area contributed by atoms with Gasteiger partial charge in [-0.05, 0) is 12.1 Å². The highest BCUT2D eigenvalue weighted by Gasteiger charge is 2.16. The monoisotopic (exact) mass is 374 g/mol. The number of methoxy groups -OCH3 is 3. The molecule has 2 N–H and O–H groups in total. The minimum atomic E-state index is -0.406. The van der Waals surface area contributed by atoms with Crippen LogP contribution in [0.5, 0.6) is 23.0 Å². The fourth-order valence-corrected chi connectivity index (χ4v) is 2.41. The Balaban J connectivity index is 2.10. The van der Waals surface area contributed by atoms with Crippen LogP contribution in [0.2, 0.25) is 0 Å². The largest absolute Gasteiger partial charge is 0.493 e. The van der Waals surface area contributed by atoms with E-state index in [1.165, 1.54) is 28.4 Å². The standard InChI is InChI=1S/C19H22N2O6/c1-20-19(23)13-7-5-6-8-14(13)27-11-17(22)21-12-9-15(24-2)18(26-4)16(10-12)25-3/h5-10H,11H2,1-4H3,(H,20,23)(H,21,22).